The molecule has 0 spiro atoms. The quantitative estimate of drug-likeness (QED) is 0.423. The Morgan fingerprint density at radius 2 is 2.50 bits per heavy atom. The monoisotopic (exact) mass is 130 g/mol. The molecule has 0 aliphatic heterocycles. The Hall–Kier alpha value is -0.770. The van der Waals surface area contributed by atoms with Crippen LogP contribution in [-0.2, 0) is 0 Å². The molecule has 1 heterocycles. The van der Waals surface area contributed by atoms with E-state index in [4.69, 9.17) is 0 Å². The van der Waals surface area contributed by atoms with Crippen LogP contribution in [0.1, 0.15) is 0 Å². The van der Waals surface area contributed by atoms with Crippen LogP contribution in [0.5, 0.6) is 0 Å². The van der Waals surface area contributed by atoms with Crippen LogP contribution in [0.25, 0.3) is 0 Å². The maximum Gasteiger partial charge on any atom is 0.198 e. The molecule has 0 radical (unpaired) electrons. The van der Waals surface area contributed by atoms with E-state index in [0.717, 1.165) is 0 Å². The van der Waals surface area contributed by atoms with Crippen LogP contribution >= 0.6 is 12.2 Å². The highest BCUT2D eigenvalue weighted by molar-refractivity contribution is 7.71. The van der Waals surface area contributed by atoms with E-state index in [1.807, 2.05) is 0 Å². The topological polar surface area (TPSA) is 28.7 Å². The highest BCUT2D eigenvalue weighted by atomic mass is 32.1. The number of hydrogen-bond acceptors (Lipinski definition) is 2. The summed E-state index contributed by atoms with van der Waals surface area (Å²) < 4.78 is 12.2. The summed E-state index contributed by atoms with van der Waals surface area (Å²) in [7, 11) is 0. The SMILES string of the molecule is Fc1ccnc(=S)[nH]1. The standard InChI is InChI=1S/C4H3FN2S/c5-3-1-2-6-4(8)7-3/h1-2H,(H,6,7,8). The summed E-state index contributed by atoms with van der Waals surface area (Å²) in [4.78, 5) is 5.77. The Morgan fingerprint density at radius 3 is 2.88 bits per heavy atom. The highest BCUT2D eigenvalue weighted by Crippen LogP contribution is 1.85. The predicted octanol–water partition coefficient (Wildman–Crippen LogP) is 1.28. The first-order chi connectivity index (χ1) is 3.79. The molecule has 0 aliphatic carbocycles. The van der Waals surface area contributed by atoms with Gasteiger partial charge in [-0.1, -0.05) is 0 Å². The summed E-state index contributed by atoms with van der Waals surface area (Å²) in [6.07, 6.45) is 1.31. The van der Waals surface area contributed by atoms with Crippen LogP contribution < -0.4 is 0 Å². The number of nitrogens with one attached hydrogen (secondary N) is 1. The van der Waals surface area contributed by atoms with Gasteiger partial charge in [-0.25, -0.2) is 4.98 Å². The van der Waals surface area contributed by atoms with Crippen molar-refractivity contribution in [2.75, 3.05) is 0 Å². The van der Waals surface area contributed by atoms with Crippen LogP contribution in [0.2, 0.25) is 0 Å². The number of hydrogen-bond donors (Lipinski definition) is 1. The van der Waals surface area contributed by atoms with Gasteiger partial charge in [0.25, 0.3) is 0 Å². The zero-order valence-corrected chi connectivity index (χ0v) is 4.70. The van der Waals surface area contributed by atoms with E-state index in [9.17, 15) is 4.39 Å². The fourth-order valence-electron chi connectivity index (χ4n) is 0.347. The van der Waals surface area contributed by atoms with Crippen molar-refractivity contribution in [3.8, 4) is 0 Å². The Morgan fingerprint density at radius 1 is 1.75 bits per heavy atom. The molecule has 0 saturated carbocycles. The molecular weight excluding hydrogens is 127 g/mol. The molecule has 0 amide bonds. The fourth-order valence-corrected chi connectivity index (χ4v) is 0.505. The molecule has 42 valence electrons. The molecule has 0 bridgehead atoms. The van der Waals surface area contributed by atoms with Gasteiger partial charge in [-0.2, -0.15) is 4.39 Å². The molecule has 0 atom stereocenters. The molecule has 1 rings (SSSR count). The summed E-state index contributed by atoms with van der Waals surface area (Å²) in [5.74, 6) is -0.454. The number of H-pyrrole nitrogens is 1. The number of aromatic nitrogens is 2. The van der Waals surface area contributed by atoms with Crippen molar-refractivity contribution < 1.29 is 4.39 Å². The first-order valence-electron chi connectivity index (χ1n) is 2.00. The molecule has 1 N–H and O–H groups in total. The number of aromatic amines is 1. The van der Waals surface area contributed by atoms with Gasteiger partial charge in [-0.15, -0.1) is 0 Å². The molecule has 4 heteroatoms. The second-order valence-corrected chi connectivity index (χ2v) is 1.61. The van der Waals surface area contributed by atoms with Gasteiger partial charge >= 0.3 is 0 Å². The lowest BCUT2D eigenvalue weighted by Gasteiger charge is -1.82. The van der Waals surface area contributed by atoms with Crippen molar-refractivity contribution in [2.45, 2.75) is 0 Å². The zero-order chi connectivity index (χ0) is 5.98. The smallest absolute Gasteiger partial charge is 0.198 e. The van der Waals surface area contributed by atoms with Gasteiger partial charge in [0.05, 0.1) is 0 Å². The van der Waals surface area contributed by atoms with E-state index in [0.29, 0.717) is 0 Å². The van der Waals surface area contributed by atoms with Gasteiger partial charge in [0, 0.05) is 12.3 Å². The summed E-state index contributed by atoms with van der Waals surface area (Å²) >= 11 is 4.49. The van der Waals surface area contributed by atoms with Crippen molar-refractivity contribution in [1.82, 2.24) is 9.97 Å². The molecule has 0 fully saturated rings. The van der Waals surface area contributed by atoms with E-state index in [-0.39, 0.29) is 4.77 Å². The average molecular weight is 130 g/mol. The van der Waals surface area contributed by atoms with Gasteiger partial charge in [0.15, 0.2) is 10.7 Å². The van der Waals surface area contributed by atoms with Gasteiger partial charge in [-0.3, -0.25) is 0 Å². The minimum atomic E-state index is -0.454. The van der Waals surface area contributed by atoms with Gasteiger partial charge in [0.2, 0.25) is 0 Å². The molecule has 0 saturated heterocycles. The Bertz CT molecular complexity index is 231. The fraction of sp³-hybridized carbons (Fsp3) is 0. The first kappa shape index (κ1) is 5.37. The molecule has 0 unspecified atom stereocenters. The lowest BCUT2D eigenvalue weighted by Crippen LogP contribution is -1.82. The van der Waals surface area contributed by atoms with Crippen molar-refractivity contribution >= 4 is 12.2 Å². The Labute approximate surface area is 50.4 Å². The van der Waals surface area contributed by atoms with Crippen LogP contribution in [-0.4, -0.2) is 9.97 Å². The largest absolute Gasteiger partial charge is 0.307 e. The molecule has 0 aromatic carbocycles. The second kappa shape index (κ2) is 2.00. The number of halogens is 1. The maximum absolute atomic E-state index is 12.0. The first-order valence-corrected chi connectivity index (χ1v) is 2.41. The Balaban J connectivity index is 3.28. The molecule has 2 nitrogen and oxygen atoms in total. The number of rotatable bonds is 0. The van der Waals surface area contributed by atoms with Crippen molar-refractivity contribution in [3.05, 3.63) is 23.0 Å². The third-order valence-electron chi connectivity index (χ3n) is 0.639. The van der Waals surface area contributed by atoms with Crippen LogP contribution in [0.3, 0.4) is 0 Å². The van der Waals surface area contributed by atoms with E-state index in [1.54, 1.807) is 0 Å². The summed E-state index contributed by atoms with van der Waals surface area (Å²) in [5.41, 5.74) is 0. The third kappa shape index (κ3) is 1.10. The minimum absolute atomic E-state index is 0.171. The van der Waals surface area contributed by atoms with Crippen LogP contribution in [0.15, 0.2) is 12.3 Å². The van der Waals surface area contributed by atoms with Crippen molar-refractivity contribution in [3.63, 3.8) is 0 Å². The molecule has 0 aliphatic rings. The van der Waals surface area contributed by atoms with E-state index in [1.165, 1.54) is 12.3 Å². The van der Waals surface area contributed by atoms with Crippen LogP contribution in [0, 0.1) is 10.7 Å². The van der Waals surface area contributed by atoms with Crippen molar-refractivity contribution in [2.24, 2.45) is 0 Å². The average Bonchev–Trinajstić information content (AvgIpc) is 1.64. The summed E-state index contributed by atoms with van der Waals surface area (Å²) in [6, 6.07) is 1.20. The van der Waals surface area contributed by atoms with Gasteiger partial charge < -0.3 is 4.98 Å². The van der Waals surface area contributed by atoms with Crippen molar-refractivity contribution in [1.29, 1.82) is 0 Å². The molecule has 8 heavy (non-hydrogen) atoms. The maximum atomic E-state index is 12.0. The van der Waals surface area contributed by atoms with Crippen LogP contribution in [0.4, 0.5) is 4.39 Å². The van der Waals surface area contributed by atoms with E-state index < -0.39 is 5.95 Å². The normalized spacial score (nSPS) is 9.12. The molecular formula is C4H3FN2S. The summed E-state index contributed by atoms with van der Waals surface area (Å²) in [5, 5.41) is 0. The second-order valence-electron chi connectivity index (χ2n) is 1.22. The predicted molar refractivity (Wildman–Crippen MR) is 29.4 cm³/mol. The lowest BCUT2D eigenvalue weighted by atomic mass is 10.7. The Kier molecular flexibility index (Phi) is 1.34. The zero-order valence-electron chi connectivity index (χ0n) is 3.89. The lowest BCUT2D eigenvalue weighted by molar-refractivity contribution is 0.577. The highest BCUT2D eigenvalue weighted by Gasteiger charge is 1.81. The number of nitrogens with zero attached hydrogens (tertiary/aromatic N) is 1. The molecule has 1 aromatic heterocycles. The minimum Gasteiger partial charge on any atom is -0.307 e. The van der Waals surface area contributed by atoms with E-state index >= 15 is 0 Å². The van der Waals surface area contributed by atoms with Gasteiger partial charge in [-0.05, 0) is 12.2 Å². The van der Waals surface area contributed by atoms with E-state index in [2.05, 4.69) is 22.2 Å². The molecule has 1 aromatic rings. The van der Waals surface area contributed by atoms with Gasteiger partial charge in [0.1, 0.15) is 0 Å². The summed E-state index contributed by atoms with van der Waals surface area (Å²) in [6.45, 7) is 0. The third-order valence-corrected chi connectivity index (χ3v) is 0.846.